The van der Waals surface area contributed by atoms with Gasteiger partial charge in [-0.2, -0.15) is 0 Å². The second-order valence-corrected chi connectivity index (χ2v) is 3.50. The van der Waals surface area contributed by atoms with Crippen LogP contribution in [0.25, 0.3) is 0 Å². The van der Waals surface area contributed by atoms with Crippen LogP contribution in [-0.4, -0.2) is 31.8 Å². The molecule has 0 radical (unpaired) electrons. The minimum Gasteiger partial charge on any atom is -0.428 e. The molecule has 5 heteroatoms. The summed E-state index contributed by atoms with van der Waals surface area (Å²) in [4.78, 5) is 22.4. The molecule has 0 amide bonds. The lowest BCUT2D eigenvalue weighted by atomic mass is 10.1. The minimum absolute atomic E-state index is 0.289. The molecule has 1 heterocycles. The van der Waals surface area contributed by atoms with Gasteiger partial charge in [-0.25, -0.2) is 4.79 Å². The maximum Gasteiger partial charge on any atom is 0.336 e. The standard InChI is InChI=1S/C11H17NO4/c1-2-3-10(13)15-8-16-11(14)9-4-6-12-7-5-9/h4,12H,2-3,5-8H2,1H3. The summed E-state index contributed by atoms with van der Waals surface area (Å²) in [6, 6.07) is 0. The SMILES string of the molecule is CCCC(=O)OCOC(=O)C1=CCNCC1. The van der Waals surface area contributed by atoms with Crippen molar-refractivity contribution in [1.82, 2.24) is 5.32 Å². The van der Waals surface area contributed by atoms with E-state index in [1.807, 2.05) is 6.92 Å². The van der Waals surface area contributed by atoms with Gasteiger partial charge in [0.2, 0.25) is 6.79 Å². The number of ether oxygens (including phenoxy) is 2. The van der Waals surface area contributed by atoms with Gasteiger partial charge >= 0.3 is 11.9 Å². The van der Waals surface area contributed by atoms with E-state index in [4.69, 9.17) is 9.47 Å². The zero-order valence-electron chi connectivity index (χ0n) is 9.45. The molecule has 1 N–H and O–H groups in total. The van der Waals surface area contributed by atoms with Gasteiger partial charge in [-0.15, -0.1) is 0 Å². The molecule has 0 spiro atoms. The molecule has 16 heavy (non-hydrogen) atoms. The predicted molar refractivity (Wildman–Crippen MR) is 57.5 cm³/mol. The predicted octanol–water partition coefficient (Wildman–Crippen LogP) is 0.750. The lowest BCUT2D eigenvalue weighted by Crippen LogP contribution is -2.24. The summed E-state index contributed by atoms with van der Waals surface area (Å²) in [7, 11) is 0. The van der Waals surface area contributed by atoms with Gasteiger partial charge in [0.1, 0.15) is 0 Å². The van der Waals surface area contributed by atoms with Crippen LogP contribution < -0.4 is 5.32 Å². The molecule has 0 atom stereocenters. The Bertz CT molecular complexity index is 286. The van der Waals surface area contributed by atoms with Crippen LogP contribution in [0.3, 0.4) is 0 Å². The van der Waals surface area contributed by atoms with Crippen LogP contribution in [0.1, 0.15) is 26.2 Å². The molecule has 1 aliphatic heterocycles. The van der Waals surface area contributed by atoms with Crippen LogP contribution in [-0.2, 0) is 19.1 Å². The Hall–Kier alpha value is -1.36. The summed E-state index contributed by atoms with van der Waals surface area (Å²) in [5.74, 6) is -0.736. The summed E-state index contributed by atoms with van der Waals surface area (Å²) in [5.41, 5.74) is 0.644. The van der Waals surface area contributed by atoms with Crippen LogP contribution in [0.5, 0.6) is 0 Å². The van der Waals surface area contributed by atoms with Crippen molar-refractivity contribution < 1.29 is 19.1 Å². The lowest BCUT2D eigenvalue weighted by Gasteiger charge is -2.13. The molecular formula is C11H17NO4. The first kappa shape index (κ1) is 12.7. The molecule has 0 unspecified atom stereocenters. The summed E-state index contributed by atoms with van der Waals surface area (Å²) < 4.78 is 9.54. The maximum absolute atomic E-state index is 11.4. The van der Waals surface area contributed by atoms with Gasteiger partial charge in [-0.3, -0.25) is 4.79 Å². The number of nitrogens with one attached hydrogen (secondary N) is 1. The fraction of sp³-hybridized carbons (Fsp3) is 0.636. The Balaban J connectivity index is 2.19. The van der Waals surface area contributed by atoms with Crippen molar-refractivity contribution in [3.63, 3.8) is 0 Å². The average molecular weight is 227 g/mol. The van der Waals surface area contributed by atoms with Crippen LogP contribution in [0.4, 0.5) is 0 Å². The highest BCUT2D eigenvalue weighted by Crippen LogP contribution is 2.06. The average Bonchev–Trinajstić information content (AvgIpc) is 2.30. The number of carbonyl (C=O) groups excluding carboxylic acids is 2. The van der Waals surface area contributed by atoms with E-state index >= 15 is 0 Å². The third-order valence-electron chi connectivity index (χ3n) is 2.19. The van der Waals surface area contributed by atoms with Crippen molar-refractivity contribution in [2.24, 2.45) is 0 Å². The summed E-state index contributed by atoms with van der Waals surface area (Å²) in [6.45, 7) is 3.05. The zero-order valence-corrected chi connectivity index (χ0v) is 9.45. The lowest BCUT2D eigenvalue weighted by molar-refractivity contribution is -0.164. The van der Waals surface area contributed by atoms with E-state index in [1.54, 1.807) is 6.08 Å². The molecule has 0 bridgehead atoms. The highest BCUT2D eigenvalue weighted by atomic mass is 16.7. The number of carbonyl (C=O) groups is 2. The number of hydrogen-bond acceptors (Lipinski definition) is 5. The first-order valence-electron chi connectivity index (χ1n) is 5.46. The third kappa shape index (κ3) is 4.44. The van der Waals surface area contributed by atoms with Crippen LogP contribution in [0.15, 0.2) is 11.6 Å². The van der Waals surface area contributed by atoms with Crippen molar-refractivity contribution in [1.29, 1.82) is 0 Å². The molecule has 1 rings (SSSR count). The summed E-state index contributed by atoms with van der Waals surface area (Å²) in [5, 5.41) is 3.09. The molecule has 0 aromatic heterocycles. The molecular weight excluding hydrogens is 210 g/mol. The minimum atomic E-state index is -0.397. The fourth-order valence-corrected chi connectivity index (χ4v) is 1.33. The second-order valence-electron chi connectivity index (χ2n) is 3.50. The Kier molecular flexibility index (Phi) is 5.56. The van der Waals surface area contributed by atoms with E-state index in [9.17, 15) is 9.59 Å². The van der Waals surface area contributed by atoms with Crippen molar-refractivity contribution in [3.05, 3.63) is 11.6 Å². The van der Waals surface area contributed by atoms with Gasteiger partial charge in [0.15, 0.2) is 0 Å². The van der Waals surface area contributed by atoms with Crippen molar-refractivity contribution >= 4 is 11.9 Å². The van der Waals surface area contributed by atoms with E-state index < -0.39 is 5.97 Å². The van der Waals surface area contributed by atoms with Gasteiger partial charge in [0, 0.05) is 18.5 Å². The smallest absolute Gasteiger partial charge is 0.336 e. The molecule has 5 nitrogen and oxygen atoms in total. The number of rotatable bonds is 5. The normalized spacial score (nSPS) is 15.2. The van der Waals surface area contributed by atoms with Gasteiger partial charge in [-0.1, -0.05) is 13.0 Å². The Labute approximate surface area is 94.8 Å². The Morgan fingerprint density at radius 2 is 2.25 bits per heavy atom. The summed E-state index contributed by atoms with van der Waals surface area (Å²) in [6.07, 6.45) is 3.52. The van der Waals surface area contributed by atoms with E-state index in [2.05, 4.69) is 5.32 Å². The zero-order chi connectivity index (χ0) is 11.8. The highest BCUT2D eigenvalue weighted by Gasteiger charge is 2.13. The van der Waals surface area contributed by atoms with Gasteiger partial charge in [0.25, 0.3) is 0 Å². The molecule has 0 aliphatic carbocycles. The van der Waals surface area contributed by atoms with Gasteiger partial charge < -0.3 is 14.8 Å². The van der Waals surface area contributed by atoms with Crippen molar-refractivity contribution in [3.8, 4) is 0 Å². The maximum atomic E-state index is 11.4. The highest BCUT2D eigenvalue weighted by molar-refractivity contribution is 5.88. The van der Waals surface area contributed by atoms with Crippen LogP contribution >= 0.6 is 0 Å². The van der Waals surface area contributed by atoms with Crippen molar-refractivity contribution in [2.45, 2.75) is 26.2 Å². The molecule has 0 saturated heterocycles. The number of hydrogen-bond donors (Lipinski definition) is 1. The first-order chi connectivity index (χ1) is 7.74. The van der Waals surface area contributed by atoms with E-state index in [0.717, 1.165) is 13.0 Å². The quantitative estimate of drug-likeness (QED) is 0.554. The van der Waals surface area contributed by atoms with Crippen LogP contribution in [0, 0.1) is 0 Å². The summed E-state index contributed by atoms with van der Waals surface area (Å²) >= 11 is 0. The first-order valence-corrected chi connectivity index (χ1v) is 5.46. The molecule has 1 aliphatic rings. The van der Waals surface area contributed by atoms with E-state index in [-0.39, 0.29) is 12.8 Å². The molecule has 0 saturated carbocycles. The Morgan fingerprint density at radius 3 is 2.88 bits per heavy atom. The van der Waals surface area contributed by atoms with Gasteiger partial charge in [0.05, 0.1) is 0 Å². The van der Waals surface area contributed by atoms with Crippen LogP contribution in [0.2, 0.25) is 0 Å². The molecule has 90 valence electrons. The van der Waals surface area contributed by atoms with E-state index in [1.165, 1.54) is 0 Å². The van der Waals surface area contributed by atoms with E-state index in [0.29, 0.717) is 25.0 Å². The molecule has 0 aromatic carbocycles. The molecule has 0 fully saturated rings. The number of esters is 2. The third-order valence-corrected chi connectivity index (χ3v) is 2.19. The Morgan fingerprint density at radius 1 is 1.44 bits per heavy atom. The monoisotopic (exact) mass is 227 g/mol. The molecule has 0 aromatic rings. The largest absolute Gasteiger partial charge is 0.428 e. The fourth-order valence-electron chi connectivity index (χ4n) is 1.33. The van der Waals surface area contributed by atoms with Gasteiger partial charge in [-0.05, 0) is 19.4 Å². The van der Waals surface area contributed by atoms with Crippen molar-refractivity contribution in [2.75, 3.05) is 19.9 Å². The second kappa shape index (κ2) is 7.00. The topological polar surface area (TPSA) is 64.6 Å².